The SMILES string of the molecule is N#[C][K].[O]=[Au]. The Morgan fingerprint density at radius 3 is 1.80 bits per heavy atom. The molecule has 5 heavy (non-hydrogen) atoms. The molecule has 0 rings (SSSR count). The van der Waals surface area contributed by atoms with Crippen LogP contribution in [0.4, 0.5) is 0 Å². The number of nitrogens with zero attached hydrogens (tertiary/aromatic N) is 1. The molecular formula is CAuKNO. The molecule has 0 fully saturated rings. The van der Waals surface area contributed by atoms with E-state index < -0.39 is 0 Å². The van der Waals surface area contributed by atoms with Crippen LogP contribution in [0.2, 0.25) is 0 Å². The second kappa shape index (κ2) is 17.4. The van der Waals surface area contributed by atoms with E-state index in [1.165, 1.54) is 0 Å². The van der Waals surface area contributed by atoms with Crippen LogP contribution in [0.1, 0.15) is 0 Å². The molecule has 0 N–H and O–H groups in total. The van der Waals surface area contributed by atoms with Gasteiger partial charge in [-0.3, -0.25) is 0 Å². The maximum atomic E-state index is 8.19. The topological polar surface area (TPSA) is 40.9 Å². The molecule has 0 saturated carbocycles. The molecule has 2 nitrogen and oxygen atoms in total. The molecule has 0 atom stereocenters. The molecule has 0 aromatic rings. The summed E-state index contributed by atoms with van der Waals surface area (Å²) in [5, 5.41) is 7.40. The Morgan fingerprint density at radius 2 is 1.80 bits per heavy atom. The van der Waals surface area contributed by atoms with Crippen LogP contribution in [-0.4, -0.2) is 49.0 Å². The average molecular weight is 278 g/mol. The van der Waals surface area contributed by atoms with Gasteiger partial charge < -0.3 is 0 Å². The van der Waals surface area contributed by atoms with Crippen LogP contribution in [0.15, 0.2) is 0 Å². The first-order chi connectivity index (χ1) is 2.41. The third-order valence-corrected chi connectivity index (χ3v) is 0. The van der Waals surface area contributed by atoms with Crippen molar-refractivity contribution in [3.05, 3.63) is 0 Å². The van der Waals surface area contributed by atoms with Gasteiger partial charge in [0.05, 0.1) is 0 Å². The molecule has 0 aliphatic heterocycles. The van der Waals surface area contributed by atoms with E-state index in [2.05, 4.69) is 0 Å². The first kappa shape index (κ1) is 9.83. The van der Waals surface area contributed by atoms with E-state index in [-0.39, 0.29) is 0 Å². The fourth-order valence-corrected chi connectivity index (χ4v) is 0. The first-order valence-corrected chi connectivity index (χ1v) is 3.29. The number of hydrogen-bond donors (Lipinski definition) is 0. The molecule has 0 aromatic carbocycles. The van der Waals surface area contributed by atoms with Gasteiger partial charge in [-0.05, 0) is 0 Å². The van der Waals surface area contributed by atoms with Gasteiger partial charge in [-0.15, -0.1) is 0 Å². The van der Waals surface area contributed by atoms with Crippen LogP contribution in [0.5, 0.6) is 0 Å². The average Bonchev–Trinajstić information content (AvgIpc) is 1.46. The molecule has 27 valence electrons. The third-order valence-electron chi connectivity index (χ3n) is 0. The van der Waals surface area contributed by atoms with E-state index in [0.717, 1.165) is 21.0 Å². The quantitative estimate of drug-likeness (QED) is 0.561. The molecular weight excluding hydrogens is 278 g/mol. The Labute approximate surface area is 76.8 Å². The number of nitriles is 1. The van der Waals surface area contributed by atoms with Gasteiger partial charge in [0.25, 0.3) is 0 Å². The van der Waals surface area contributed by atoms with Crippen molar-refractivity contribution in [3.8, 4) is 0.164 Å². The van der Waals surface area contributed by atoms with Gasteiger partial charge in [0.1, 0.15) is 0 Å². The molecule has 0 aliphatic rings. The van der Waals surface area contributed by atoms with Gasteiger partial charge in [0.15, 0.2) is 0 Å². The van der Waals surface area contributed by atoms with E-state index >= 15 is 0 Å². The molecule has 0 saturated heterocycles. The molecule has 0 heterocycles. The van der Waals surface area contributed by atoms with Crippen molar-refractivity contribution < 1.29 is 24.3 Å². The first-order valence-electron chi connectivity index (χ1n) is 0.847. The molecule has 0 amide bonds. The molecule has 0 spiro atoms. The van der Waals surface area contributed by atoms with E-state index in [9.17, 15) is 0 Å². The van der Waals surface area contributed by atoms with Crippen LogP contribution >= 0.6 is 0 Å². The van der Waals surface area contributed by atoms with Gasteiger partial charge in [-0.2, -0.15) is 0 Å². The minimum absolute atomic E-state index is 0.410. The fraction of sp³-hybridized carbons (Fsp3) is 0. The Balaban J connectivity index is 0. The van der Waals surface area contributed by atoms with Crippen molar-refractivity contribution in [1.82, 2.24) is 0 Å². The minimum atomic E-state index is 0.410. The summed E-state index contributed by atoms with van der Waals surface area (Å²) in [4.78, 5) is 0. The summed E-state index contributed by atoms with van der Waals surface area (Å²) in [6.07, 6.45) is 0. The van der Waals surface area contributed by atoms with Gasteiger partial charge >= 0.3 is 78.7 Å². The Bertz CT molecular complexity index is 41.4. The summed E-state index contributed by atoms with van der Waals surface area (Å²) in [5.74, 6) is 0. The van der Waals surface area contributed by atoms with Crippen molar-refractivity contribution in [2.24, 2.45) is 0 Å². The van der Waals surface area contributed by atoms with Crippen molar-refractivity contribution in [3.63, 3.8) is 0 Å². The summed E-state index contributed by atoms with van der Waals surface area (Å²) in [7, 11) is 0. The second-order valence-corrected chi connectivity index (χ2v) is 0.922. The summed E-state index contributed by atoms with van der Waals surface area (Å²) in [6.45, 7) is 0. The maximum absolute atomic E-state index is 8.19. The zero-order valence-electron chi connectivity index (χ0n) is 2.66. The standard InChI is InChI=1S/CN.Au.K.O/c1-2;;;. The predicted molar refractivity (Wildman–Crippen MR) is 12.1 cm³/mol. The Morgan fingerprint density at radius 1 is 1.80 bits per heavy atom. The summed E-state index contributed by atoms with van der Waals surface area (Å²) >= 11 is 1.44. The monoisotopic (exact) mass is 278 g/mol. The number of hydrogen-bond acceptors (Lipinski definition) is 2. The van der Waals surface area contributed by atoms with Gasteiger partial charge in [-0.25, -0.2) is 0 Å². The molecule has 0 bridgehead atoms. The molecule has 4 heteroatoms. The second-order valence-electron chi connectivity index (χ2n) is 0.224. The molecule has 0 aromatic heterocycles. The number of rotatable bonds is 0. The van der Waals surface area contributed by atoms with E-state index in [4.69, 9.17) is 8.51 Å². The van der Waals surface area contributed by atoms with Crippen molar-refractivity contribution in [1.29, 1.82) is 5.26 Å². The van der Waals surface area contributed by atoms with E-state index in [1.54, 1.807) is 0 Å². The van der Waals surface area contributed by atoms with Crippen molar-refractivity contribution >= 4 is 49.0 Å². The fourth-order valence-electron chi connectivity index (χ4n) is 0. The third kappa shape index (κ3) is 27.4. The van der Waals surface area contributed by atoms with Gasteiger partial charge in [0.2, 0.25) is 0 Å². The van der Waals surface area contributed by atoms with E-state index in [1.807, 2.05) is 0.164 Å². The Hall–Kier alpha value is 1.67. The molecule has 0 aliphatic carbocycles. The van der Waals surface area contributed by atoms with Crippen molar-refractivity contribution in [2.45, 2.75) is 0 Å². The van der Waals surface area contributed by atoms with Crippen LogP contribution < -0.4 is 0 Å². The normalized spacial score (nSPS) is 3.00. The summed E-state index contributed by atoms with van der Waals surface area (Å²) in [5.41, 5.74) is 0. The summed E-state index contributed by atoms with van der Waals surface area (Å²) < 4.78 is 10.1. The Kier molecular flexibility index (Phi) is 34.1. The van der Waals surface area contributed by atoms with Gasteiger partial charge in [0, 0.05) is 0 Å². The zero-order chi connectivity index (χ0) is 4.71. The van der Waals surface area contributed by atoms with Crippen LogP contribution in [-0.2, 0) is 24.3 Å². The molecule has 0 radical (unpaired) electrons. The summed E-state index contributed by atoms with van der Waals surface area (Å²) in [6, 6.07) is 0. The predicted octanol–water partition coefficient (Wildman–Crippen LogP) is -0.485. The van der Waals surface area contributed by atoms with E-state index in [0.29, 0.717) is 49.0 Å². The molecule has 0 unspecified atom stereocenters. The zero-order valence-corrected chi connectivity index (χ0v) is 7.95. The van der Waals surface area contributed by atoms with Crippen molar-refractivity contribution in [2.75, 3.05) is 0 Å². The van der Waals surface area contributed by atoms with Crippen LogP contribution in [0, 0.1) is 5.43 Å². The van der Waals surface area contributed by atoms with Crippen LogP contribution in [0.3, 0.4) is 0 Å². The van der Waals surface area contributed by atoms with Crippen LogP contribution in [0.25, 0.3) is 0 Å². The van der Waals surface area contributed by atoms with Gasteiger partial charge in [-0.1, -0.05) is 0 Å².